The van der Waals surface area contributed by atoms with E-state index in [9.17, 15) is 4.79 Å². The molecule has 6 heteroatoms. The van der Waals surface area contributed by atoms with Gasteiger partial charge in [0.2, 0.25) is 5.95 Å². The first-order chi connectivity index (χ1) is 12.3. The number of piperidine rings is 1. The number of nitrogens with zero attached hydrogens (tertiary/aromatic N) is 3. The van der Waals surface area contributed by atoms with Crippen LogP contribution >= 0.6 is 0 Å². The molecule has 1 fully saturated rings. The predicted octanol–water partition coefficient (Wildman–Crippen LogP) is 3.09. The zero-order valence-corrected chi connectivity index (χ0v) is 14.4. The summed E-state index contributed by atoms with van der Waals surface area (Å²) in [5, 5.41) is 0. The van der Waals surface area contributed by atoms with E-state index in [1.54, 1.807) is 30.6 Å². The number of aromatic nitrogens is 2. The summed E-state index contributed by atoms with van der Waals surface area (Å²) < 4.78 is 11.1. The van der Waals surface area contributed by atoms with Crippen LogP contribution in [0.5, 0.6) is 11.5 Å². The van der Waals surface area contributed by atoms with E-state index in [-0.39, 0.29) is 11.9 Å². The van der Waals surface area contributed by atoms with Gasteiger partial charge in [0, 0.05) is 25.5 Å². The molecule has 0 radical (unpaired) electrons. The number of esters is 1. The average molecular weight is 341 g/mol. The van der Waals surface area contributed by atoms with Crippen LogP contribution in [0.4, 0.5) is 5.95 Å². The van der Waals surface area contributed by atoms with Gasteiger partial charge in [-0.2, -0.15) is 0 Å². The molecule has 3 rings (SSSR count). The first kappa shape index (κ1) is 17.2. The van der Waals surface area contributed by atoms with Crippen molar-refractivity contribution in [2.75, 3.05) is 24.6 Å². The molecule has 0 aliphatic carbocycles. The molecule has 0 N–H and O–H groups in total. The lowest BCUT2D eigenvalue weighted by atomic mass is 9.98. The topological polar surface area (TPSA) is 64.6 Å². The summed E-state index contributed by atoms with van der Waals surface area (Å²) in [5.74, 6) is 1.61. The van der Waals surface area contributed by atoms with Crippen molar-refractivity contribution in [1.29, 1.82) is 0 Å². The third-order valence-corrected chi connectivity index (χ3v) is 4.10. The quantitative estimate of drug-likeness (QED) is 0.594. The highest BCUT2D eigenvalue weighted by molar-refractivity contribution is 5.76. The molecule has 1 aliphatic rings. The van der Waals surface area contributed by atoms with Gasteiger partial charge in [0.15, 0.2) is 0 Å². The Morgan fingerprint density at radius 2 is 1.92 bits per heavy atom. The Morgan fingerprint density at radius 1 is 1.20 bits per heavy atom. The van der Waals surface area contributed by atoms with E-state index in [4.69, 9.17) is 9.47 Å². The lowest BCUT2D eigenvalue weighted by Gasteiger charge is -2.31. The van der Waals surface area contributed by atoms with Crippen molar-refractivity contribution in [3.63, 3.8) is 0 Å². The Balaban J connectivity index is 1.57. The molecule has 1 saturated heterocycles. The van der Waals surface area contributed by atoms with Gasteiger partial charge in [0.05, 0.1) is 12.5 Å². The van der Waals surface area contributed by atoms with E-state index in [1.165, 1.54) is 0 Å². The van der Waals surface area contributed by atoms with Gasteiger partial charge in [-0.15, -0.1) is 0 Å². The van der Waals surface area contributed by atoms with Crippen LogP contribution in [0, 0.1) is 5.92 Å². The summed E-state index contributed by atoms with van der Waals surface area (Å²) in [6, 6.07) is 8.97. The minimum Gasteiger partial charge on any atom is -0.494 e. The summed E-state index contributed by atoms with van der Waals surface area (Å²) in [7, 11) is 0. The fourth-order valence-electron chi connectivity index (χ4n) is 2.83. The number of ether oxygens (including phenoxy) is 2. The Hall–Kier alpha value is -2.63. The molecule has 0 bridgehead atoms. The van der Waals surface area contributed by atoms with Crippen LogP contribution in [0.1, 0.15) is 26.2 Å². The SMILES string of the molecule is CCCOc1ccc(OC(=O)C2CCCN(c3ncccn3)C2)cc1. The minimum absolute atomic E-state index is 0.173. The fraction of sp³-hybridized carbons (Fsp3) is 0.421. The predicted molar refractivity (Wildman–Crippen MR) is 94.8 cm³/mol. The van der Waals surface area contributed by atoms with Crippen molar-refractivity contribution in [3.05, 3.63) is 42.7 Å². The van der Waals surface area contributed by atoms with Crippen LogP contribution in [-0.2, 0) is 4.79 Å². The van der Waals surface area contributed by atoms with E-state index in [0.29, 0.717) is 24.8 Å². The third-order valence-electron chi connectivity index (χ3n) is 4.10. The van der Waals surface area contributed by atoms with Crippen molar-refractivity contribution < 1.29 is 14.3 Å². The Bertz CT molecular complexity index is 676. The van der Waals surface area contributed by atoms with Crippen molar-refractivity contribution in [3.8, 4) is 11.5 Å². The molecular formula is C19H23N3O3. The number of rotatable bonds is 6. The number of hydrogen-bond donors (Lipinski definition) is 0. The molecule has 0 amide bonds. The van der Waals surface area contributed by atoms with Gasteiger partial charge >= 0.3 is 5.97 Å². The van der Waals surface area contributed by atoms with Crippen molar-refractivity contribution in [1.82, 2.24) is 9.97 Å². The van der Waals surface area contributed by atoms with Gasteiger partial charge in [-0.05, 0) is 49.6 Å². The second kappa shape index (κ2) is 8.46. The second-order valence-electron chi connectivity index (χ2n) is 6.07. The highest BCUT2D eigenvalue weighted by atomic mass is 16.5. The van der Waals surface area contributed by atoms with E-state index in [0.717, 1.165) is 31.6 Å². The largest absolute Gasteiger partial charge is 0.494 e. The summed E-state index contributed by atoms with van der Waals surface area (Å²) in [6.07, 6.45) is 6.13. The van der Waals surface area contributed by atoms with Crippen molar-refractivity contribution in [2.45, 2.75) is 26.2 Å². The van der Waals surface area contributed by atoms with Crippen LogP contribution in [0.25, 0.3) is 0 Å². The number of anilines is 1. The molecule has 1 atom stereocenters. The molecular weight excluding hydrogens is 318 g/mol. The molecule has 132 valence electrons. The van der Waals surface area contributed by atoms with E-state index in [1.807, 2.05) is 17.0 Å². The van der Waals surface area contributed by atoms with Crippen molar-refractivity contribution >= 4 is 11.9 Å². The summed E-state index contributed by atoms with van der Waals surface area (Å²) in [4.78, 5) is 23.0. The zero-order valence-electron chi connectivity index (χ0n) is 14.4. The molecule has 1 aromatic carbocycles. The number of carbonyl (C=O) groups is 1. The minimum atomic E-state index is -0.206. The lowest BCUT2D eigenvalue weighted by Crippen LogP contribution is -2.41. The molecule has 1 aliphatic heterocycles. The van der Waals surface area contributed by atoms with E-state index in [2.05, 4.69) is 16.9 Å². The lowest BCUT2D eigenvalue weighted by molar-refractivity contribution is -0.139. The van der Waals surface area contributed by atoms with Crippen LogP contribution in [-0.4, -0.2) is 35.6 Å². The van der Waals surface area contributed by atoms with Gasteiger partial charge in [-0.1, -0.05) is 6.92 Å². The van der Waals surface area contributed by atoms with Gasteiger partial charge in [-0.25, -0.2) is 9.97 Å². The normalized spacial score (nSPS) is 17.2. The summed E-state index contributed by atoms with van der Waals surface area (Å²) in [6.45, 7) is 4.18. The third kappa shape index (κ3) is 4.68. The Labute approximate surface area is 147 Å². The molecule has 25 heavy (non-hydrogen) atoms. The highest BCUT2D eigenvalue weighted by Crippen LogP contribution is 2.23. The molecule has 0 saturated carbocycles. The fourth-order valence-corrected chi connectivity index (χ4v) is 2.83. The van der Waals surface area contributed by atoms with E-state index >= 15 is 0 Å². The Morgan fingerprint density at radius 3 is 2.64 bits per heavy atom. The molecule has 2 heterocycles. The Kier molecular flexibility index (Phi) is 5.82. The van der Waals surface area contributed by atoms with Gasteiger partial charge in [0.25, 0.3) is 0 Å². The molecule has 0 spiro atoms. The molecule has 2 aromatic rings. The van der Waals surface area contributed by atoms with Crippen LogP contribution in [0.2, 0.25) is 0 Å². The average Bonchev–Trinajstić information content (AvgIpc) is 2.68. The zero-order chi connectivity index (χ0) is 17.5. The first-order valence-electron chi connectivity index (χ1n) is 8.73. The maximum Gasteiger partial charge on any atom is 0.316 e. The van der Waals surface area contributed by atoms with Crippen LogP contribution in [0.3, 0.4) is 0 Å². The van der Waals surface area contributed by atoms with Gasteiger partial charge < -0.3 is 14.4 Å². The molecule has 6 nitrogen and oxygen atoms in total. The second-order valence-corrected chi connectivity index (χ2v) is 6.07. The smallest absolute Gasteiger partial charge is 0.316 e. The highest BCUT2D eigenvalue weighted by Gasteiger charge is 2.28. The van der Waals surface area contributed by atoms with Crippen molar-refractivity contribution in [2.24, 2.45) is 5.92 Å². The van der Waals surface area contributed by atoms with Crippen LogP contribution in [0.15, 0.2) is 42.7 Å². The maximum atomic E-state index is 12.5. The first-order valence-corrected chi connectivity index (χ1v) is 8.73. The van der Waals surface area contributed by atoms with Crippen LogP contribution < -0.4 is 14.4 Å². The number of hydrogen-bond acceptors (Lipinski definition) is 6. The molecule has 1 unspecified atom stereocenters. The van der Waals surface area contributed by atoms with Gasteiger partial charge in [0.1, 0.15) is 11.5 Å². The maximum absolute atomic E-state index is 12.5. The monoisotopic (exact) mass is 341 g/mol. The summed E-state index contributed by atoms with van der Waals surface area (Å²) >= 11 is 0. The molecule has 1 aromatic heterocycles. The van der Waals surface area contributed by atoms with E-state index < -0.39 is 0 Å². The van der Waals surface area contributed by atoms with Gasteiger partial charge in [-0.3, -0.25) is 4.79 Å². The number of carbonyl (C=O) groups excluding carboxylic acids is 1. The number of benzene rings is 1. The standard InChI is InChI=1S/C19H23N3O3/c1-2-13-24-16-6-8-17(9-7-16)25-18(23)15-5-3-12-22(14-15)19-20-10-4-11-21-19/h4,6-11,15H,2-3,5,12-14H2,1H3. The summed E-state index contributed by atoms with van der Waals surface area (Å²) in [5.41, 5.74) is 0.